The highest BCUT2D eigenvalue weighted by molar-refractivity contribution is 6.00. The van der Waals surface area contributed by atoms with E-state index in [-0.39, 0.29) is 11.8 Å². The van der Waals surface area contributed by atoms with Gasteiger partial charge in [-0.1, -0.05) is 6.92 Å². The van der Waals surface area contributed by atoms with Crippen molar-refractivity contribution in [3.63, 3.8) is 0 Å². The van der Waals surface area contributed by atoms with E-state index < -0.39 is 6.04 Å². The molecule has 3 N–H and O–H groups in total. The second kappa shape index (κ2) is 4.91. The molecule has 2 heterocycles. The Morgan fingerprint density at radius 1 is 1.58 bits per heavy atom. The van der Waals surface area contributed by atoms with E-state index in [0.29, 0.717) is 36.6 Å². The van der Waals surface area contributed by atoms with Crippen LogP contribution in [0, 0.1) is 6.92 Å². The molecule has 1 saturated heterocycles. The zero-order valence-electron chi connectivity index (χ0n) is 11.4. The highest BCUT2D eigenvalue weighted by Gasteiger charge is 2.34. The van der Waals surface area contributed by atoms with E-state index in [1.807, 2.05) is 6.92 Å². The van der Waals surface area contributed by atoms with Gasteiger partial charge in [0.1, 0.15) is 11.7 Å². The number of carbonyl (C=O) groups is 2. The van der Waals surface area contributed by atoms with Gasteiger partial charge in [-0.15, -0.1) is 0 Å². The van der Waals surface area contributed by atoms with E-state index >= 15 is 0 Å². The van der Waals surface area contributed by atoms with Crippen LogP contribution in [0.4, 0.5) is 5.69 Å². The summed E-state index contributed by atoms with van der Waals surface area (Å²) < 4.78 is 1.48. The summed E-state index contributed by atoms with van der Waals surface area (Å²) in [7, 11) is 1.68. The molecule has 1 aliphatic rings. The van der Waals surface area contributed by atoms with Crippen LogP contribution in [0.2, 0.25) is 0 Å². The molecule has 0 spiro atoms. The average Bonchev–Trinajstić information content (AvgIpc) is 2.62. The molecule has 1 aliphatic heterocycles. The fraction of sp³-hybridized carbons (Fsp3) is 0.583. The fourth-order valence-corrected chi connectivity index (χ4v) is 2.43. The number of nitrogens with zero attached hydrogens (tertiary/aromatic N) is 3. The second-order valence-corrected chi connectivity index (χ2v) is 4.68. The topological polar surface area (TPSA) is 93.2 Å². The Hall–Kier alpha value is -2.05. The summed E-state index contributed by atoms with van der Waals surface area (Å²) in [4.78, 5) is 25.9. The largest absolute Gasteiger partial charge is 0.395 e. The first-order chi connectivity index (χ1) is 8.97. The Balaban J connectivity index is 2.35. The SMILES string of the molecule is CCC1C(=O)NCCN1C(=O)c1c(N)c(C)nn1C. The maximum absolute atomic E-state index is 12.6. The monoisotopic (exact) mass is 265 g/mol. The maximum Gasteiger partial charge on any atom is 0.275 e. The summed E-state index contributed by atoms with van der Waals surface area (Å²) in [6.45, 7) is 4.60. The molecule has 1 atom stereocenters. The third-order valence-corrected chi connectivity index (χ3v) is 3.45. The van der Waals surface area contributed by atoms with Gasteiger partial charge in [-0.25, -0.2) is 0 Å². The van der Waals surface area contributed by atoms with Crippen LogP contribution in [0.25, 0.3) is 0 Å². The summed E-state index contributed by atoms with van der Waals surface area (Å²) in [6.07, 6.45) is 0.578. The molecule has 104 valence electrons. The van der Waals surface area contributed by atoms with Crippen molar-refractivity contribution in [1.29, 1.82) is 0 Å². The minimum absolute atomic E-state index is 0.112. The number of amides is 2. The molecule has 1 aromatic heterocycles. The van der Waals surface area contributed by atoms with Crippen LogP contribution in [0.3, 0.4) is 0 Å². The molecule has 0 saturated carbocycles. The molecule has 1 fully saturated rings. The molecule has 7 nitrogen and oxygen atoms in total. The van der Waals surface area contributed by atoms with Crippen molar-refractivity contribution < 1.29 is 9.59 Å². The Labute approximate surface area is 111 Å². The van der Waals surface area contributed by atoms with Crippen LogP contribution in [0.15, 0.2) is 0 Å². The Morgan fingerprint density at radius 3 is 2.79 bits per heavy atom. The first-order valence-corrected chi connectivity index (χ1v) is 6.35. The lowest BCUT2D eigenvalue weighted by Crippen LogP contribution is -2.57. The Morgan fingerprint density at radius 2 is 2.26 bits per heavy atom. The fourth-order valence-electron chi connectivity index (χ4n) is 2.43. The predicted octanol–water partition coefficient (Wildman–Crippen LogP) is -0.339. The number of hydrogen-bond acceptors (Lipinski definition) is 4. The lowest BCUT2D eigenvalue weighted by atomic mass is 10.1. The minimum Gasteiger partial charge on any atom is -0.395 e. The second-order valence-electron chi connectivity index (χ2n) is 4.68. The van der Waals surface area contributed by atoms with Crippen molar-refractivity contribution in [2.45, 2.75) is 26.3 Å². The number of aromatic nitrogens is 2. The quantitative estimate of drug-likeness (QED) is 0.765. The van der Waals surface area contributed by atoms with Crippen molar-refractivity contribution in [2.75, 3.05) is 18.8 Å². The summed E-state index contributed by atoms with van der Waals surface area (Å²) >= 11 is 0. The summed E-state index contributed by atoms with van der Waals surface area (Å²) in [5, 5.41) is 6.91. The number of rotatable bonds is 2. The van der Waals surface area contributed by atoms with Gasteiger partial charge in [0.2, 0.25) is 5.91 Å². The predicted molar refractivity (Wildman–Crippen MR) is 70.5 cm³/mol. The third kappa shape index (κ3) is 2.16. The van der Waals surface area contributed by atoms with E-state index in [2.05, 4.69) is 10.4 Å². The van der Waals surface area contributed by atoms with Crippen molar-refractivity contribution in [3.8, 4) is 0 Å². The lowest BCUT2D eigenvalue weighted by Gasteiger charge is -2.34. The normalized spacial score (nSPS) is 19.4. The van der Waals surface area contributed by atoms with Crippen LogP contribution >= 0.6 is 0 Å². The van der Waals surface area contributed by atoms with E-state index in [9.17, 15) is 9.59 Å². The highest BCUT2D eigenvalue weighted by atomic mass is 16.2. The van der Waals surface area contributed by atoms with Crippen LogP contribution in [-0.4, -0.2) is 45.6 Å². The number of carbonyl (C=O) groups excluding carboxylic acids is 2. The summed E-state index contributed by atoms with van der Waals surface area (Å²) in [5.74, 6) is -0.345. The van der Waals surface area contributed by atoms with Crippen molar-refractivity contribution >= 4 is 17.5 Å². The molecule has 0 aromatic carbocycles. The summed E-state index contributed by atoms with van der Waals surface area (Å²) in [5.41, 5.74) is 7.26. The number of piperazine rings is 1. The van der Waals surface area contributed by atoms with Crippen LogP contribution in [0.5, 0.6) is 0 Å². The number of nitrogen functional groups attached to an aromatic ring is 1. The van der Waals surface area contributed by atoms with Gasteiger partial charge in [-0.3, -0.25) is 14.3 Å². The molecular formula is C12H19N5O2. The zero-order valence-corrected chi connectivity index (χ0v) is 11.4. The first-order valence-electron chi connectivity index (χ1n) is 6.35. The van der Waals surface area contributed by atoms with Gasteiger partial charge in [0, 0.05) is 20.1 Å². The number of nitrogens with two attached hydrogens (primary N) is 1. The van der Waals surface area contributed by atoms with Crippen molar-refractivity contribution in [3.05, 3.63) is 11.4 Å². The van der Waals surface area contributed by atoms with Crippen LogP contribution in [-0.2, 0) is 11.8 Å². The van der Waals surface area contributed by atoms with Crippen molar-refractivity contribution in [1.82, 2.24) is 20.0 Å². The third-order valence-electron chi connectivity index (χ3n) is 3.45. The average molecular weight is 265 g/mol. The molecule has 1 aromatic rings. The van der Waals surface area contributed by atoms with Gasteiger partial charge in [0.05, 0.1) is 11.4 Å². The lowest BCUT2D eigenvalue weighted by molar-refractivity contribution is -0.127. The Bertz CT molecular complexity index is 522. The number of anilines is 1. The maximum atomic E-state index is 12.6. The van der Waals surface area contributed by atoms with E-state index in [0.717, 1.165) is 0 Å². The Kier molecular flexibility index (Phi) is 3.46. The number of hydrogen-bond donors (Lipinski definition) is 2. The van der Waals surface area contributed by atoms with Gasteiger partial charge in [-0.05, 0) is 13.3 Å². The van der Waals surface area contributed by atoms with Crippen LogP contribution < -0.4 is 11.1 Å². The van der Waals surface area contributed by atoms with Gasteiger partial charge < -0.3 is 16.0 Å². The zero-order chi connectivity index (χ0) is 14.2. The van der Waals surface area contributed by atoms with E-state index in [1.165, 1.54) is 4.68 Å². The first kappa shape index (κ1) is 13.4. The highest BCUT2D eigenvalue weighted by Crippen LogP contribution is 2.20. The number of nitrogens with one attached hydrogen (secondary N) is 1. The van der Waals surface area contributed by atoms with E-state index in [4.69, 9.17) is 5.73 Å². The van der Waals surface area contributed by atoms with Gasteiger partial charge in [0.15, 0.2) is 0 Å². The molecule has 19 heavy (non-hydrogen) atoms. The molecule has 0 radical (unpaired) electrons. The number of aryl methyl sites for hydroxylation is 2. The van der Waals surface area contributed by atoms with Gasteiger partial charge in [0.25, 0.3) is 5.91 Å². The minimum atomic E-state index is -0.434. The molecule has 2 amide bonds. The van der Waals surface area contributed by atoms with E-state index in [1.54, 1.807) is 18.9 Å². The van der Waals surface area contributed by atoms with Crippen LogP contribution in [0.1, 0.15) is 29.5 Å². The molecule has 0 aliphatic carbocycles. The standard InChI is InChI=1S/C12H19N5O2/c1-4-8-11(18)14-5-6-17(8)12(19)10-9(13)7(2)15-16(10)3/h8H,4-6,13H2,1-3H3,(H,14,18). The van der Waals surface area contributed by atoms with Gasteiger partial charge >= 0.3 is 0 Å². The van der Waals surface area contributed by atoms with Gasteiger partial charge in [-0.2, -0.15) is 5.10 Å². The molecule has 2 rings (SSSR count). The van der Waals surface area contributed by atoms with Crippen molar-refractivity contribution in [2.24, 2.45) is 7.05 Å². The summed E-state index contributed by atoms with van der Waals surface area (Å²) in [6, 6.07) is -0.434. The molecular weight excluding hydrogens is 246 g/mol. The smallest absolute Gasteiger partial charge is 0.275 e. The molecule has 0 bridgehead atoms. The molecule has 7 heteroatoms. The molecule has 1 unspecified atom stereocenters.